The lowest BCUT2D eigenvalue weighted by molar-refractivity contribution is 0.365. The molecule has 0 aliphatic carbocycles. The van der Waals surface area contributed by atoms with Gasteiger partial charge < -0.3 is 20.3 Å². The Hall–Kier alpha value is -1.78. The van der Waals surface area contributed by atoms with Crippen LogP contribution in [0.2, 0.25) is 0 Å². The highest BCUT2D eigenvalue weighted by molar-refractivity contribution is 5.34. The van der Waals surface area contributed by atoms with Crippen LogP contribution in [0.15, 0.2) is 57.3 Å². The molecule has 0 aliphatic heterocycles. The predicted molar refractivity (Wildman–Crippen MR) is 74.3 cm³/mol. The van der Waals surface area contributed by atoms with Crippen LogP contribution in [0, 0.1) is 0 Å². The number of hydrogen-bond acceptors (Lipinski definition) is 4. The molecular weight excluding hydrogens is 240 g/mol. The monoisotopic (exact) mass is 260 g/mol. The lowest BCUT2D eigenvalue weighted by Gasteiger charge is -2.30. The van der Waals surface area contributed by atoms with Crippen LogP contribution in [-0.2, 0) is 5.66 Å². The molecule has 2 heterocycles. The van der Waals surface area contributed by atoms with Gasteiger partial charge in [0.05, 0.1) is 12.5 Å². The van der Waals surface area contributed by atoms with E-state index in [4.69, 9.17) is 20.3 Å². The number of nitrogens with two attached hydrogens (primary N) is 2. The van der Waals surface area contributed by atoms with Crippen molar-refractivity contribution in [1.29, 1.82) is 0 Å². The molecule has 2 aromatic heterocycles. The third kappa shape index (κ3) is 2.50. The molecule has 0 fully saturated rings. The molecule has 4 nitrogen and oxygen atoms in total. The molecule has 1 atom stereocenters. The molecule has 0 bridgehead atoms. The fourth-order valence-corrected chi connectivity index (χ4v) is 2.45. The van der Waals surface area contributed by atoms with Gasteiger partial charge in [0.2, 0.25) is 0 Å². The molecule has 0 spiro atoms. The maximum atomic E-state index is 6.29. The van der Waals surface area contributed by atoms with Gasteiger partial charge in [-0.3, -0.25) is 0 Å². The van der Waals surface area contributed by atoms with E-state index in [2.05, 4.69) is 6.92 Å². The van der Waals surface area contributed by atoms with Crippen LogP contribution < -0.4 is 11.5 Å². The van der Waals surface area contributed by atoms with Crippen LogP contribution in [-0.4, -0.2) is 0 Å². The van der Waals surface area contributed by atoms with Gasteiger partial charge in [-0.25, -0.2) is 0 Å². The van der Waals surface area contributed by atoms with Crippen LogP contribution in [0.3, 0.4) is 0 Å². The summed E-state index contributed by atoms with van der Waals surface area (Å²) in [6, 6.07) is 7.38. The summed E-state index contributed by atoms with van der Waals surface area (Å²) in [4.78, 5) is 0. The molecule has 0 saturated heterocycles. The third-order valence-electron chi connectivity index (χ3n) is 3.39. The van der Waals surface area contributed by atoms with E-state index in [9.17, 15) is 0 Å². The molecule has 1 unspecified atom stereocenters. The largest absolute Gasteiger partial charge is 0.469 e. The summed E-state index contributed by atoms with van der Waals surface area (Å²) in [6.45, 7) is 4.01. The van der Waals surface area contributed by atoms with Crippen LogP contribution in [0.25, 0.3) is 0 Å². The second-order valence-corrected chi connectivity index (χ2v) is 4.57. The van der Waals surface area contributed by atoms with Crippen molar-refractivity contribution in [2.75, 3.05) is 0 Å². The van der Waals surface area contributed by atoms with Crippen molar-refractivity contribution in [3.63, 3.8) is 0 Å². The zero-order valence-electron chi connectivity index (χ0n) is 11.3. The molecular formula is C15H20N2O2. The second kappa shape index (κ2) is 5.47. The third-order valence-corrected chi connectivity index (χ3v) is 3.39. The molecule has 102 valence electrons. The van der Waals surface area contributed by atoms with Gasteiger partial charge >= 0.3 is 0 Å². The minimum absolute atomic E-state index is 0.0418. The van der Waals surface area contributed by atoms with E-state index in [-0.39, 0.29) is 5.92 Å². The first-order valence-corrected chi connectivity index (χ1v) is 6.43. The number of allylic oxidation sites excluding steroid dienone is 1. The van der Waals surface area contributed by atoms with E-state index >= 15 is 0 Å². The van der Waals surface area contributed by atoms with E-state index in [1.807, 2.05) is 25.1 Å². The van der Waals surface area contributed by atoms with Crippen LogP contribution in [0.4, 0.5) is 0 Å². The van der Waals surface area contributed by atoms with E-state index in [0.29, 0.717) is 5.76 Å². The Morgan fingerprint density at radius 1 is 1.26 bits per heavy atom. The van der Waals surface area contributed by atoms with Gasteiger partial charge in [-0.15, -0.1) is 0 Å². The maximum absolute atomic E-state index is 6.29. The Balaban J connectivity index is 2.39. The minimum Gasteiger partial charge on any atom is -0.469 e. The fourth-order valence-electron chi connectivity index (χ4n) is 2.45. The minimum atomic E-state index is -1.13. The highest BCUT2D eigenvalue weighted by Crippen LogP contribution is 2.36. The van der Waals surface area contributed by atoms with Gasteiger partial charge in [0, 0.05) is 5.92 Å². The lowest BCUT2D eigenvalue weighted by atomic mass is 9.84. The molecule has 4 heteroatoms. The number of rotatable bonds is 5. The van der Waals surface area contributed by atoms with Crippen molar-refractivity contribution in [1.82, 2.24) is 0 Å². The Morgan fingerprint density at radius 2 is 1.95 bits per heavy atom. The summed E-state index contributed by atoms with van der Waals surface area (Å²) in [5, 5.41) is 0. The molecule has 2 rings (SSSR count). The van der Waals surface area contributed by atoms with Crippen LogP contribution in [0.1, 0.15) is 37.7 Å². The van der Waals surface area contributed by atoms with Crippen LogP contribution in [0.5, 0.6) is 0 Å². The van der Waals surface area contributed by atoms with Crippen molar-refractivity contribution < 1.29 is 8.83 Å². The molecule has 0 aliphatic rings. The predicted octanol–water partition coefficient (Wildman–Crippen LogP) is 3.08. The quantitative estimate of drug-likeness (QED) is 0.639. The first-order valence-electron chi connectivity index (χ1n) is 6.43. The molecule has 4 N–H and O–H groups in total. The fraction of sp³-hybridized carbons (Fsp3) is 0.333. The zero-order valence-corrected chi connectivity index (χ0v) is 11.3. The topological polar surface area (TPSA) is 78.3 Å². The van der Waals surface area contributed by atoms with E-state index in [0.717, 1.165) is 17.8 Å². The summed E-state index contributed by atoms with van der Waals surface area (Å²) in [5.74, 6) is 1.45. The molecule has 19 heavy (non-hydrogen) atoms. The second-order valence-electron chi connectivity index (χ2n) is 4.57. The van der Waals surface area contributed by atoms with Crippen molar-refractivity contribution in [3.8, 4) is 0 Å². The molecule has 0 saturated carbocycles. The van der Waals surface area contributed by atoms with Crippen molar-refractivity contribution in [3.05, 3.63) is 60.0 Å². The average molecular weight is 260 g/mol. The summed E-state index contributed by atoms with van der Waals surface area (Å²) in [6.07, 6.45) is 6.03. The smallest absolute Gasteiger partial charge is 0.146 e. The summed E-state index contributed by atoms with van der Waals surface area (Å²) in [7, 11) is 0. The van der Waals surface area contributed by atoms with Gasteiger partial charge in [0.15, 0.2) is 0 Å². The maximum Gasteiger partial charge on any atom is 0.146 e. The van der Waals surface area contributed by atoms with Crippen LogP contribution >= 0.6 is 0 Å². The zero-order chi connectivity index (χ0) is 13.9. The molecule has 0 aromatic carbocycles. The number of hydrogen-bond donors (Lipinski definition) is 2. The summed E-state index contributed by atoms with van der Waals surface area (Å²) < 4.78 is 10.9. The van der Waals surface area contributed by atoms with Crippen molar-refractivity contribution in [2.24, 2.45) is 11.5 Å². The van der Waals surface area contributed by atoms with Gasteiger partial charge in [-0.1, -0.05) is 13.0 Å². The van der Waals surface area contributed by atoms with Gasteiger partial charge in [0.25, 0.3) is 0 Å². The number of furan rings is 2. The lowest BCUT2D eigenvalue weighted by Crippen LogP contribution is -2.49. The SMILES string of the molecule is CC=C(C(CC)c1ccco1)C(N)(N)c1ccco1. The van der Waals surface area contributed by atoms with Crippen molar-refractivity contribution >= 4 is 0 Å². The first-order chi connectivity index (χ1) is 9.11. The van der Waals surface area contributed by atoms with Gasteiger partial charge in [-0.2, -0.15) is 0 Å². The van der Waals surface area contributed by atoms with Gasteiger partial charge in [-0.05, 0) is 43.2 Å². The highest BCUT2D eigenvalue weighted by Gasteiger charge is 2.35. The molecule has 0 radical (unpaired) electrons. The Labute approximate surface area is 113 Å². The standard InChI is InChI=1S/C15H20N2O2/c1-3-11(13-7-5-9-18-13)12(4-2)15(16,17)14-8-6-10-19-14/h4-11H,3,16-17H2,1-2H3. The first kappa shape index (κ1) is 13.6. The van der Waals surface area contributed by atoms with E-state index < -0.39 is 5.66 Å². The Morgan fingerprint density at radius 3 is 2.42 bits per heavy atom. The molecule has 0 amide bonds. The van der Waals surface area contributed by atoms with E-state index in [1.165, 1.54) is 0 Å². The average Bonchev–Trinajstić information content (AvgIpc) is 3.06. The Kier molecular flexibility index (Phi) is 3.93. The summed E-state index contributed by atoms with van der Waals surface area (Å²) in [5.41, 5.74) is 12.3. The van der Waals surface area contributed by atoms with Gasteiger partial charge in [0.1, 0.15) is 17.2 Å². The van der Waals surface area contributed by atoms with E-state index in [1.54, 1.807) is 24.7 Å². The molecule has 2 aromatic rings. The summed E-state index contributed by atoms with van der Waals surface area (Å²) >= 11 is 0. The highest BCUT2D eigenvalue weighted by atomic mass is 16.3. The van der Waals surface area contributed by atoms with Crippen molar-refractivity contribution in [2.45, 2.75) is 31.8 Å². The normalized spacial score (nSPS) is 14.6. The Bertz CT molecular complexity index is 525.